The zero-order valence-corrected chi connectivity index (χ0v) is 17.3. The molecule has 26 heavy (non-hydrogen) atoms. The Morgan fingerprint density at radius 1 is 0.962 bits per heavy atom. The van der Waals surface area contributed by atoms with Gasteiger partial charge >= 0.3 is 0 Å². The van der Waals surface area contributed by atoms with Crippen LogP contribution in [-0.4, -0.2) is 11.1 Å². The highest BCUT2D eigenvalue weighted by Gasteiger charge is 2.31. The second kappa shape index (κ2) is 9.76. The number of hydrogen-bond acceptors (Lipinski definition) is 2. The van der Waals surface area contributed by atoms with Gasteiger partial charge in [-0.15, -0.1) is 0 Å². The van der Waals surface area contributed by atoms with Gasteiger partial charge in [-0.3, -0.25) is 4.98 Å². The first-order chi connectivity index (χ1) is 12.7. The second-order valence-electron chi connectivity index (χ2n) is 8.87. The molecule has 2 nitrogen and oxygen atoms in total. The summed E-state index contributed by atoms with van der Waals surface area (Å²) in [5, 5.41) is 0. The van der Waals surface area contributed by atoms with Gasteiger partial charge in [0.25, 0.3) is 0 Å². The van der Waals surface area contributed by atoms with Gasteiger partial charge in [0.1, 0.15) is 5.75 Å². The summed E-state index contributed by atoms with van der Waals surface area (Å²) in [4.78, 5) is 4.55. The maximum absolute atomic E-state index is 6.27. The maximum Gasteiger partial charge on any atom is 0.138 e. The van der Waals surface area contributed by atoms with Gasteiger partial charge in [0.2, 0.25) is 0 Å². The molecule has 1 heterocycles. The zero-order chi connectivity index (χ0) is 18.4. The monoisotopic (exact) mass is 357 g/mol. The van der Waals surface area contributed by atoms with Crippen LogP contribution < -0.4 is 4.74 Å². The fourth-order valence-corrected chi connectivity index (χ4v) is 5.32. The Bertz CT molecular complexity index is 539. The van der Waals surface area contributed by atoms with Crippen LogP contribution in [0.15, 0.2) is 12.3 Å². The summed E-state index contributed by atoms with van der Waals surface area (Å²) in [5.74, 6) is 3.97. The Morgan fingerprint density at radius 3 is 2.19 bits per heavy atom. The normalized spacial score (nSPS) is 29.5. The molecule has 2 aliphatic carbocycles. The minimum Gasteiger partial charge on any atom is -0.489 e. The molecule has 0 N–H and O–H groups in total. The van der Waals surface area contributed by atoms with E-state index < -0.39 is 0 Å². The van der Waals surface area contributed by atoms with Crippen LogP contribution in [0, 0.1) is 24.7 Å². The van der Waals surface area contributed by atoms with Crippen LogP contribution >= 0.6 is 0 Å². The number of nitrogens with zero attached hydrogens (tertiary/aromatic N) is 1. The molecule has 2 saturated carbocycles. The molecule has 146 valence electrons. The molecule has 0 radical (unpaired) electrons. The van der Waals surface area contributed by atoms with Gasteiger partial charge in [0.15, 0.2) is 0 Å². The Balaban J connectivity index is 1.41. The van der Waals surface area contributed by atoms with E-state index in [2.05, 4.69) is 31.8 Å². The Morgan fingerprint density at radius 2 is 1.62 bits per heavy atom. The summed E-state index contributed by atoms with van der Waals surface area (Å²) < 4.78 is 6.27. The zero-order valence-electron chi connectivity index (χ0n) is 17.3. The summed E-state index contributed by atoms with van der Waals surface area (Å²) in [6.45, 7) is 6.63. The van der Waals surface area contributed by atoms with Crippen molar-refractivity contribution in [1.29, 1.82) is 0 Å². The quantitative estimate of drug-likeness (QED) is 0.530. The van der Waals surface area contributed by atoms with Gasteiger partial charge in [0, 0.05) is 5.69 Å². The Hall–Kier alpha value is -1.05. The molecule has 0 aliphatic heterocycles. The lowest BCUT2D eigenvalue weighted by Gasteiger charge is -2.38. The lowest BCUT2D eigenvalue weighted by molar-refractivity contribution is 0.0910. The van der Waals surface area contributed by atoms with Crippen LogP contribution in [-0.2, 0) is 6.42 Å². The molecule has 1 aromatic rings. The second-order valence-corrected chi connectivity index (χ2v) is 8.87. The Kier molecular flexibility index (Phi) is 7.40. The summed E-state index contributed by atoms with van der Waals surface area (Å²) >= 11 is 0. The number of unbranched alkanes of at least 4 members (excludes halogenated alkanes) is 1. The third-order valence-corrected chi connectivity index (χ3v) is 7.04. The van der Waals surface area contributed by atoms with Gasteiger partial charge in [0.05, 0.1) is 12.3 Å². The summed E-state index contributed by atoms with van der Waals surface area (Å²) in [7, 11) is 0. The van der Waals surface area contributed by atoms with Crippen molar-refractivity contribution in [2.24, 2.45) is 17.8 Å². The first-order valence-corrected chi connectivity index (χ1v) is 11.3. The van der Waals surface area contributed by atoms with Crippen molar-refractivity contribution >= 4 is 0 Å². The minimum absolute atomic E-state index is 0.404. The van der Waals surface area contributed by atoms with Gasteiger partial charge in [-0.1, -0.05) is 46.0 Å². The van der Waals surface area contributed by atoms with E-state index in [1.54, 1.807) is 0 Å². The van der Waals surface area contributed by atoms with Crippen LogP contribution in [0.4, 0.5) is 0 Å². The SMILES string of the molecule is CCCCC1CCC(C2CCC(Oc3cnc(CC)c(C)c3)CC2)CC1. The molecular weight excluding hydrogens is 318 g/mol. The predicted octanol–water partition coefficient (Wildman–Crippen LogP) is 6.89. The van der Waals surface area contributed by atoms with E-state index in [1.165, 1.54) is 81.9 Å². The standard InChI is InChI=1S/C24H39NO/c1-4-6-7-19-8-10-20(11-9-19)21-12-14-22(15-13-21)26-23-16-18(3)24(5-2)25-17-23/h16-17,19-22H,4-15H2,1-3H3. The van der Waals surface area contributed by atoms with Crippen molar-refractivity contribution in [2.75, 3.05) is 0 Å². The van der Waals surface area contributed by atoms with E-state index in [9.17, 15) is 0 Å². The third kappa shape index (κ3) is 5.24. The number of aromatic nitrogens is 1. The molecular formula is C24H39NO. The summed E-state index contributed by atoms with van der Waals surface area (Å²) in [6.07, 6.45) is 18.8. The van der Waals surface area contributed by atoms with E-state index in [-0.39, 0.29) is 0 Å². The molecule has 2 aliphatic rings. The Labute approximate surface area is 161 Å². The van der Waals surface area contributed by atoms with Crippen LogP contribution in [0.5, 0.6) is 5.75 Å². The van der Waals surface area contributed by atoms with Crippen LogP contribution in [0.3, 0.4) is 0 Å². The predicted molar refractivity (Wildman–Crippen MR) is 110 cm³/mol. The van der Waals surface area contributed by atoms with E-state index in [4.69, 9.17) is 4.74 Å². The summed E-state index contributed by atoms with van der Waals surface area (Å²) in [6, 6.07) is 2.18. The highest BCUT2D eigenvalue weighted by Crippen LogP contribution is 2.41. The molecule has 0 atom stereocenters. The van der Waals surface area contributed by atoms with Crippen LogP contribution in [0.2, 0.25) is 0 Å². The van der Waals surface area contributed by atoms with E-state index in [1.807, 2.05) is 6.20 Å². The lowest BCUT2D eigenvalue weighted by atomic mass is 9.70. The average molecular weight is 358 g/mol. The largest absolute Gasteiger partial charge is 0.489 e. The van der Waals surface area contributed by atoms with E-state index in [0.29, 0.717) is 6.10 Å². The smallest absolute Gasteiger partial charge is 0.138 e. The van der Waals surface area contributed by atoms with Crippen molar-refractivity contribution in [3.05, 3.63) is 23.5 Å². The lowest BCUT2D eigenvalue weighted by Crippen LogP contribution is -2.30. The van der Waals surface area contributed by atoms with Crippen molar-refractivity contribution in [3.63, 3.8) is 0 Å². The van der Waals surface area contributed by atoms with Crippen LogP contribution in [0.25, 0.3) is 0 Å². The highest BCUT2D eigenvalue weighted by molar-refractivity contribution is 5.28. The first kappa shape index (κ1) is 19.7. The average Bonchev–Trinajstić information content (AvgIpc) is 2.68. The molecule has 0 spiro atoms. The van der Waals surface area contributed by atoms with Gasteiger partial charge < -0.3 is 4.74 Å². The molecule has 1 aromatic heterocycles. The van der Waals surface area contributed by atoms with Gasteiger partial charge in [-0.25, -0.2) is 0 Å². The fourth-order valence-electron chi connectivity index (χ4n) is 5.32. The van der Waals surface area contributed by atoms with E-state index in [0.717, 1.165) is 29.9 Å². The number of aryl methyl sites for hydroxylation is 2. The van der Waals surface area contributed by atoms with Crippen molar-refractivity contribution < 1.29 is 4.74 Å². The number of rotatable bonds is 7. The van der Waals surface area contributed by atoms with Crippen molar-refractivity contribution in [2.45, 2.75) is 104 Å². The fraction of sp³-hybridized carbons (Fsp3) is 0.792. The highest BCUT2D eigenvalue weighted by atomic mass is 16.5. The topological polar surface area (TPSA) is 22.1 Å². The van der Waals surface area contributed by atoms with Crippen LogP contribution in [0.1, 0.15) is 95.7 Å². The molecule has 2 heteroatoms. The number of pyridine rings is 1. The molecule has 0 saturated heterocycles. The molecule has 0 amide bonds. The third-order valence-electron chi connectivity index (χ3n) is 7.04. The van der Waals surface area contributed by atoms with Crippen molar-refractivity contribution in [3.8, 4) is 5.75 Å². The first-order valence-electron chi connectivity index (χ1n) is 11.3. The van der Waals surface area contributed by atoms with E-state index >= 15 is 0 Å². The molecule has 0 unspecified atom stereocenters. The van der Waals surface area contributed by atoms with Gasteiger partial charge in [-0.2, -0.15) is 0 Å². The number of hydrogen-bond donors (Lipinski definition) is 0. The molecule has 3 rings (SSSR count). The number of ether oxygens (including phenoxy) is 1. The van der Waals surface area contributed by atoms with Crippen molar-refractivity contribution in [1.82, 2.24) is 4.98 Å². The molecule has 0 bridgehead atoms. The minimum atomic E-state index is 0.404. The maximum atomic E-state index is 6.27. The molecule has 0 aromatic carbocycles. The molecule has 2 fully saturated rings. The van der Waals surface area contributed by atoms with Gasteiger partial charge in [-0.05, 0) is 81.3 Å². The summed E-state index contributed by atoms with van der Waals surface area (Å²) in [5.41, 5.74) is 2.45.